The van der Waals surface area contributed by atoms with Crippen LogP contribution in [0.1, 0.15) is 32.4 Å². The lowest BCUT2D eigenvalue weighted by Crippen LogP contribution is -2.38. The molecule has 0 aliphatic carbocycles. The number of hydrogen-bond donors (Lipinski definition) is 1. The molecule has 0 radical (unpaired) electrons. The van der Waals surface area contributed by atoms with Crippen molar-refractivity contribution >= 4 is 43.2 Å². The lowest BCUT2D eigenvalue weighted by molar-refractivity contribution is -0.122. The monoisotopic (exact) mass is 440 g/mol. The molecule has 2 rings (SSSR count). The summed E-state index contributed by atoms with van der Waals surface area (Å²) in [5.74, 6) is -0.793. The number of hydrogen-bond acceptors (Lipinski definition) is 5. The Morgan fingerprint density at radius 2 is 1.81 bits per heavy atom. The quantitative estimate of drug-likeness (QED) is 0.562. The van der Waals surface area contributed by atoms with Crippen molar-refractivity contribution in [1.82, 2.24) is 5.32 Å². The average Bonchev–Trinajstić information content (AvgIpc) is 2.56. The molecule has 1 aliphatic rings. The van der Waals surface area contributed by atoms with Crippen LogP contribution in [-0.4, -0.2) is 36.9 Å². The smallest absolute Gasteiger partial charge is 0.257 e. The van der Waals surface area contributed by atoms with Gasteiger partial charge >= 0.3 is 0 Å². The highest BCUT2D eigenvalue weighted by Gasteiger charge is 2.31. The van der Waals surface area contributed by atoms with E-state index in [1.807, 2.05) is 13.8 Å². The Morgan fingerprint density at radius 1 is 1.23 bits per heavy atom. The van der Waals surface area contributed by atoms with Crippen LogP contribution in [0, 0.1) is 5.92 Å². The van der Waals surface area contributed by atoms with E-state index >= 15 is 0 Å². The topological polar surface area (TPSA) is 92.7 Å². The number of rotatable bonds is 5. The van der Waals surface area contributed by atoms with Crippen molar-refractivity contribution in [3.05, 3.63) is 41.6 Å². The minimum atomic E-state index is -3.29. The van der Waals surface area contributed by atoms with Gasteiger partial charge in [-0.2, -0.15) is 0 Å². The lowest BCUT2D eigenvalue weighted by atomic mass is 9.95. The second kappa shape index (κ2) is 7.84. The Bertz CT molecular complexity index is 886. The summed E-state index contributed by atoms with van der Waals surface area (Å²) in [5.41, 5.74) is 1.36. The molecule has 1 amide bonds. The van der Waals surface area contributed by atoms with Crippen molar-refractivity contribution < 1.29 is 18.0 Å². The highest BCUT2D eigenvalue weighted by molar-refractivity contribution is 9.10. The molecule has 1 aromatic carbocycles. The molecule has 26 heavy (non-hydrogen) atoms. The average molecular weight is 441 g/mol. The third kappa shape index (κ3) is 4.48. The molecular formula is C18H21BrN2O4S. The van der Waals surface area contributed by atoms with Crippen molar-refractivity contribution in [2.24, 2.45) is 10.9 Å². The molecule has 8 heteroatoms. The number of benzene rings is 1. The van der Waals surface area contributed by atoms with Gasteiger partial charge in [0.1, 0.15) is 10.4 Å². The van der Waals surface area contributed by atoms with Gasteiger partial charge in [-0.15, -0.1) is 0 Å². The molecule has 2 atom stereocenters. The summed E-state index contributed by atoms with van der Waals surface area (Å²) >= 11 is 3.24. The summed E-state index contributed by atoms with van der Waals surface area (Å²) < 4.78 is 23.2. The fourth-order valence-corrected chi connectivity index (χ4v) is 3.56. The van der Waals surface area contributed by atoms with Gasteiger partial charge in [0.05, 0.1) is 10.9 Å². The van der Waals surface area contributed by atoms with Crippen molar-refractivity contribution in [2.45, 2.75) is 36.5 Å². The molecule has 1 aromatic rings. The van der Waals surface area contributed by atoms with E-state index in [-0.39, 0.29) is 28.2 Å². The maximum absolute atomic E-state index is 12.6. The summed E-state index contributed by atoms with van der Waals surface area (Å²) in [6.45, 7) is 5.58. The zero-order chi connectivity index (χ0) is 19.6. The van der Waals surface area contributed by atoms with Crippen LogP contribution in [-0.2, 0) is 19.4 Å². The highest BCUT2D eigenvalue weighted by atomic mass is 79.9. The fourth-order valence-electron chi connectivity index (χ4n) is 2.57. The maximum atomic E-state index is 12.6. The van der Waals surface area contributed by atoms with Gasteiger partial charge in [-0.25, -0.2) is 8.42 Å². The SMILES string of the molecule is CC1=NC=C(C(=O)NC(c2ccc(S(C)(=O)=O)cc2)C(C)C)C(=O)C1Br. The number of carbonyl (C=O) groups is 2. The molecule has 0 spiro atoms. The van der Waals surface area contributed by atoms with E-state index in [1.165, 1.54) is 18.3 Å². The van der Waals surface area contributed by atoms with E-state index < -0.39 is 20.6 Å². The summed E-state index contributed by atoms with van der Waals surface area (Å²) in [7, 11) is -3.29. The van der Waals surface area contributed by atoms with Crippen LogP contribution in [0.2, 0.25) is 0 Å². The predicted molar refractivity (Wildman–Crippen MR) is 104 cm³/mol. The molecule has 0 fully saturated rings. The van der Waals surface area contributed by atoms with Gasteiger partial charge in [-0.05, 0) is 30.5 Å². The summed E-state index contributed by atoms with van der Waals surface area (Å²) in [4.78, 5) is 28.6. The van der Waals surface area contributed by atoms with Gasteiger partial charge in [0.15, 0.2) is 15.6 Å². The van der Waals surface area contributed by atoms with Gasteiger partial charge in [0, 0.05) is 18.2 Å². The van der Waals surface area contributed by atoms with Crippen molar-refractivity contribution in [3.63, 3.8) is 0 Å². The second-order valence-corrected chi connectivity index (χ2v) is 9.51. The normalized spacial score (nSPS) is 19.0. The number of ketones is 1. The Morgan fingerprint density at radius 3 is 2.31 bits per heavy atom. The van der Waals surface area contributed by atoms with E-state index in [4.69, 9.17) is 0 Å². The third-order valence-corrected chi connectivity index (χ3v) is 6.33. The van der Waals surface area contributed by atoms with Crippen LogP contribution in [0.15, 0.2) is 45.9 Å². The van der Waals surface area contributed by atoms with Crippen molar-refractivity contribution in [3.8, 4) is 0 Å². The summed E-state index contributed by atoms with van der Waals surface area (Å²) in [5, 5.41) is 2.86. The molecule has 6 nitrogen and oxygen atoms in total. The number of nitrogens with zero attached hydrogens (tertiary/aromatic N) is 1. The van der Waals surface area contributed by atoms with Gasteiger partial charge in [0.25, 0.3) is 5.91 Å². The fraction of sp³-hybridized carbons (Fsp3) is 0.389. The van der Waals surface area contributed by atoms with Gasteiger partial charge in [-0.1, -0.05) is 41.9 Å². The van der Waals surface area contributed by atoms with E-state index in [9.17, 15) is 18.0 Å². The molecule has 0 bridgehead atoms. The minimum absolute atomic E-state index is 0.00381. The molecule has 0 aromatic heterocycles. The Labute approximate surface area is 161 Å². The molecular weight excluding hydrogens is 420 g/mol. The first-order valence-electron chi connectivity index (χ1n) is 8.06. The van der Waals surface area contributed by atoms with Gasteiger partial charge in [0.2, 0.25) is 0 Å². The molecule has 1 heterocycles. The number of alkyl halides is 1. The van der Waals surface area contributed by atoms with E-state index in [1.54, 1.807) is 19.1 Å². The number of nitrogens with one attached hydrogen (secondary N) is 1. The standard InChI is InChI=1S/C18H21BrN2O4S/c1-10(2)16(12-5-7-13(8-6-12)26(4,24)25)21-18(23)14-9-20-11(3)15(19)17(14)22/h5-10,15-16H,1-4H3,(H,21,23). The number of amides is 1. The minimum Gasteiger partial charge on any atom is -0.345 e. The number of Topliss-reactive ketones (excluding diaryl/α,β-unsaturated/α-hetero) is 1. The molecule has 140 valence electrons. The number of halogens is 1. The summed E-state index contributed by atoms with van der Waals surface area (Å²) in [6.07, 6.45) is 2.43. The van der Waals surface area contributed by atoms with E-state index in [2.05, 4.69) is 26.2 Å². The number of aliphatic imine (C=N–C) groups is 1. The van der Waals surface area contributed by atoms with Gasteiger partial charge in [-0.3, -0.25) is 14.6 Å². The van der Waals surface area contributed by atoms with Crippen molar-refractivity contribution in [2.75, 3.05) is 6.26 Å². The van der Waals surface area contributed by atoms with E-state index in [0.717, 1.165) is 11.8 Å². The Hall–Kier alpha value is -1.80. The second-order valence-electron chi connectivity index (χ2n) is 6.58. The first-order valence-corrected chi connectivity index (χ1v) is 10.9. The molecule has 0 saturated heterocycles. The molecule has 0 saturated carbocycles. The summed E-state index contributed by atoms with van der Waals surface area (Å²) in [6, 6.07) is 6.01. The van der Waals surface area contributed by atoms with Crippen LogP contribution in [0.25, 0.3) is 0 Å². The van der Waals surface area contributed by atoms with Crippen LogP contribution in [0.3, 0.4) is 0 Å². The molecule has 2 unspecified atom stereocenters. The number of sulfone groups is 1. The largest absolute Gasteiger partial charge is 0.345 e. The van der Waals surface area contributed by atoms with Crippen molar-refractivity contribution in [1.29, 1.82) is 0 Å². The highest BCUT2D eigenvalue weighted by Crippen LogP contribution is 2.25. The predicted octanol–water partition coefficient (Wildman–Crippen LogP) is 2.59. The molecule has 1 aliphatic heterocycles. The van der Waals surface area contributed by atoms with Crippen LogP contribution in [0.5, 0.6) is 0 Å². The maximum Gasteiger partial charge on any atom is 0.257 e. The Kier molecular flexibility index (Phi) is 6.18. The van der Waals surface area contributed by atoms with Crippen LogP contribution >= 0.6 is 15.9 Å². The zero-order valence-electron chi connectivity index (χ0n) is 15.0. The zero-order valence-corrected chi connectivity index (χ0v) is 17.4. The lowest BCUT2D eigenvalue weighted by Gasteiger charge is -2.24. The Balaban J connectivity index is 2.26. The molecule has 1 N–H and O–H groups in total. The third-order valence-electron chi connectivity index (χ3n) is 4.12. The van der Waals surface area contributed by atoms with Gasteiger partial charge < -0.3 is 5.32 Å². The van der Waals surface area contributed by atoms with E-state index in [0.29, 0.717) is 5.71 Å². The number of carbonyl (C=O) groups excluding carboxylic acids is 2. The van der Waals surface area contributed by atoms with Crippen LogP contribution < -0.4 is 5.32 Å². The first kappa shape index (κ1) is 20.5. The first-order chi connectivity index (χ1) is 12.0. The van der Waals surface area contributed by atoms with Crippen LogP contribution in [0.4, 0.5) is 0 Å².